The fourth-order valence-electron chi connectivity index (χ4n) is 1.01. The highest BCUT2D eigenvalue weighted by Crippen LogP contribution is 2.05. The van der Waals surface area contributed by atoms with E-state index >= 15 is 0 Å². The molecule has 0 amide bonds. The highest BCUT2D eigenvalue weighted by molar-refractivity contribution is 5.05. The van der Waals surface area contributed by atoms with E-state index in [1.165, 1.54) is 0 Å². The first kappa shape index (κ1) is 8.34. The summed E-state index contributed by atoms with van der Waals surface area (Å²) in [6, 6.07) is 4.04. The van der Waals surface area contributed by atoms with Gasteiger partial charge in [0.25, 0.3) is 0 Å². The second-order valence-electron chi connectivity index (χ2n) is 2.62. The van der Waals surface area contributed by atoms with Gasteiger partial charge in [-0.15, -0.1) is 0 Å². The average Bonchev–Trinajstić information content (AvgIpc) is 2.37. The Balaban J connectivity index is 2.27. The number of aryl methyl sites for hydroxylation is 1. The zero-order chi connectivity index (χ0) is 8.10. The van der Waals surface area contributed by atoms with Crippen molar-refractivity contribution in [1.82, 2.24) is 5.32 Å². The van der Waals surface area contributed by atoms with E-state index in [-0.39, 0.29) is 0 Å². The Bertz CT molecular complexity index is 205. The monoisotopic (exact) mass is 153 g/mol. The summed E-state index contributed by atoms with van der Waals surface area (Å²) in [5.74, 6) is 2.07. The van der Waals surface area contributed by atoms with Crippen LogP contribution >= 0.6 is 0 Å². The molecular weight excluding hydrogens is 138 g/mol. The molecule has 1 N–H and O–H groups in total. The summed E-state index contributed by atoms with van der Waals surface area (Å²) in [6.45, 7) is 6.10. The lowest BCUT2D eigenvalue weighted by Gasteiger charge is -1.97. The summed E-state index contributed by atoms with van der Waals surface area (Å²) in [7, 11) is 0. The van der Waals surface area contributed by atoms with Crippen LogP contribution in [0, 0.1) is 6.92 Å². The smallest absolute Gasteiger partial charge is 0.105 e. The Labute approximate surface area is 67.6 Å². The summed E-state index contributed by atoms with van der Waals surface area (Å²) < 4.78 is 5.39. The van der Waals surface area contributed by atoms with Gasteiger partial charge in [-0.1, -0.05) is 6.92 Å². The van der Waals surface area contributed by atoms with Crippen molar-refractivity contribution in [2.45, 2.75) is 20.3 Å². The molecular formula is C9H15NO. The molecule has 0 aliphatic rings. The van der Waals surface area contributed by atoms with Gasteiger partial charge in [-0.25, -0.2) is 0 Å². The van der Waals surface area contributed by atoms with Crippen molar-refractivity contribution in [3.05, 3.63) is 23.7 Å². The zero-order valence-corrected chi connectivity index (χ0v) is 7.18. The lowest BCUT2D eigenvalue weighted by molar-refractivity contribution is 0.477. The predicted octanol–water partition coefficient (Wildman–Crippen LogP) is 1.74. The van der Waals surface area contributed by atoms with Crippen molar-refractivity contribution in [2.75, 3.05) is 13.1 Å². The van der Waals surface area contributed by atoms with Gasteiger partial charge in [-0.2, -0.15) is 0 Å². The third kappa shape index (κ3) is 2.76. The van der Waals surface area contributed by atoms with Gasteiger partial charge in [0.15, 0.2) is 0 Å². The van der Waals surface area contributed by atoms with E-state index < -0.39 is 0 Å². The molecule has 0 spiro atoms. The van der Waals surface area contributed by atoms with Crippen molar-refractivity contribution in [3.63, 3.8) is 0 Å². The van der Waals surface area contributed by atoms with Crippen molar-refractivity contribution < 1.29 is 4.42 Å². The molecule has 2 heteroatoms. The van der Waals surface area contributed by atoms with Gasteiger partial charge >= 0.3 is 0 Å². The third-order valence-corrected chi connectivity index (χ3v) is 1.59. The van der Waals surface area contributed by atoms with Crippen LogP contribution in [0.3, 0.4) is 0 Å². The van der Waals surface area contributed by atoms with Crippen LogP contribution in [0.2, 0.25) is 0 Å². The largest absolute Gasteiger partial charge is 0.466 e. The van der Waals surface area contributed by atoms with Gasteiger partial charge in [-0.05, 0) is 25.6 Å². The molecule has 11 heavy (non-hydrogen) atoms. The number of rotatable bonds is 4. The maximum Gasteiger partial charge on any atom is 0.105 e. The average molecular weight is 153 g/mol. The van der Waals surface area contributed by atoms with E-state index in [2.05, 4.69) is 12.2 Å². The molecule has 0 aliphatic carbocycles. The van der Waals surface area contributed by atoms with Gasteiger partial charge < -0.3 is 9.73 Å². The maximum atomic E-state index is 5.39. The molecule has 62 valence electrons. The summed E-state index contributed by atoms with van der Waals surface area (Å²) >= 11 is 0. The Morgan fingerprint density at radius 2 is 2.27 bits per heavy atom. The van der Waals surface area contributed by atoms with E-state index in [1.54, 1.807) is 0 Å². The molecule has 0 aliphatic heterocycles. The van der Waals surface area contributed by atoms with E-state index in [4.69, 9.17) is 4.42 Å². The molecule has 1 heterocycles. The van der Waals surface area contributed by atoms with Crippen LogP contribution in [-0.2, 0) is 6.42 Å². The first-order valence-corrected chi connectivity index (χ1v) is 4.09. The van der Waals surface area contributed by atoms with Crippen molar-refractivity contribution in [2.24, 2.45) is 0 Å². The summed E-state index contributed by atoms with van der Waals surface area (Å²) in [5, 5.41) is 3.25. The van der Waals surface area contributed by atoms with Crippen molar-refractivity contribution >= 4 is 0 Å². The Hall–Kier alpha value is -0.760. The number of hydrogen-bond donors (Lipinski definition) is 1. The first-order valence-electron chi connectivity index (χ1n) is 4.09. The highest BCUT2D eigenvalue weighted by Gasteiger charge is 1.96. The number of hydrogen-bond acceptors (Lipinski definition) is 2. The number of likely N-dealkylation sites (N-methyl/N-ethyl adjacent to an activating group) is 1. The van der Waals surface area contributed by atoms with E-state index in [9.17, 15) is 0 Å². The molecule has 1 rings (SSSR count). The number of furan rings is 1. The normalized spacial score (nSPS) is 10.4. The van der Waals surface area contributed by atoms with E-state index in [1.807, 2.05) is 19.1 Å². The van der Waals surface area contributed by atoms with Crippen LogP contribution in [0.4, 0.5) is 0 Å². The SMILES string of the molecule is CCNCCc1ccc(C)o1. The van der Waals surface area contributed by atoms with Gasteiger partial charge in [0.2, 0.25) is 0 Å². The van der Waals surface area contributed by atoms with Crippen LogP contribution in [0.25, 0.3) is 0 Å². The van der Waals surface area contributed by atoms with E-state index in [0.717, 1.165) is 31.0 Å². The molecule has 0 radical (unpaired) electrons. The van der Waals surface area contributed by atoms with Crippen LogP contribution in [0.15, 0.2) is 16.5 Å². The first-order chi connectivity index (χ1) is 5.33. The second kappa shape index (κ2) is 4.19. The van der Waals surface area contributed by atoms with Gasteiger partial charge in [0.1, 0.15) is 11.5 Å². The molecule has 0 unspecified atom stereocenters. The molecule has 0 saturated carbocycles. The third-order valence-electron chi connectivity index (χ3n) is 1.59. The summed E-state index contributed by atoms with van der Waals surface area (Å²) in [6.07, 6.45) is 0.988. The van der Waals surface area contributed by atoms with Gasteiger partial charge in [-0.3, -0.25) is 0 Å². The molecule has 0 saturated heterocycles. The molecule has 0 atom stereocenters. The topological polar surface area (TPSA) is 25.2 Å². The van der Waals surface area contributed by atoms with Crippen LogP contribution in [-0.4, -0.2) is 13.1 Å². The van der Waals surface area contributed by atoms with Crippen molar-refractivity contribution in [3.8, 4) is 0 Å². The highest BCUT2D eigenvalue weighted by atomic mass is 16.3. The maximum absolute atomic E-state index is 5.39. The molecule has 1 aromatic rings. The molecule has 1 aromatic heterocycles. The molecule has 0 aromatic carbocycles. The quantitative estimate of drug-likeness (QED) is 0.666. The molecule has 0 fully saturated rings. The summed E-state index contributed by atoms with van der Waals surface area (Å²) in [5.41, 5.74) is 0. The van der Waals surface area contributed by atoms with Crippen molar-refractivity contribution in [1.29, 1.82) is 0 Å². The second-order valence-corrected chi connectivity index (χ2v) is 2.62. The Kier molecular flexibility index (Phi) is 3.17. The van der Waals surface area contributed by atoms with Gasteiger partial charge in [0, 0.05) is 13.0 Å². The Morgan fingerprint density at radius 3 is 2.82 bits per heavy atom. The predicted molar refractivity (Wildman–Crippen MR) is 45.7 cm³/mol. The minimum Gasteiger partial charge on any atom is -0.466 e. The fraction of sp³-hybridized carbons (Fsp3) is 0.556. The zero-order valence-electron chi connectivity index (χ0n) is 7.18. The van der Waals surface area contributed by atoms with Crippen LogP contribution in [0.1, 0.15) is 18.4 Å². The molecule has 0 bridgehead atoms. The van der Waals surface area contributed by atoms with Gasteiger partial charge in [0.05, 0.1) is 0 Å². The lowest BCUT2D eigenvalue weighted by Crippen LogP contribution is -2.15. The standard InChI is InChI=1S/C9H15NO/c1-3-10-7-6-9-5-4-8(2)11-9/h4-5,10H,3,6-7H2,1-2H3. The fourth-order valence-corrected chi connectivity index (χ4v) is 1.01. The minimum absolute atomic E-state index is 0.988. The summed E-state index contributed by atoms with van der Waals surface area (Å²) in [4.78, 5) is 0. The Morgan fingerprint density at radius 1 is 1.45 bits per heavy atom. The minimum atomic E-state index is 0.988. The lowest BCUT2D eigenvalue weighted by atomic mass is 10.3. The number of nitrogens with one attached hydrogen (secondary N) is 1. The van der Waals surface area contributed by atoms with Crippen LogP contribution < -0.4 is 5.32 Å². The van der Waals surface area contributed by atoms with E-state index in [0.29, 0.717) is 0 Å². The molecule has 2 nitrogen and oxygen atoms in total. The van der Waals surface area contributed by atoms with Crippen LogP contribution in [0.5, 0.6) is 0 Å².